The van der Waals surface area contributed by atoms with Crippen LogP contribution >= 0.6 is 0 Å². The van der Waals surface area contributed by atoms with Crippen LogP contribution in [0.15, 0.2) is 23.2 Å². The molecule has 1 saturated carbocycles. The molecule has 1 heterocycles. The van der Waals surface area contributed by atoms with Crippen LogP contribution in [0.5, 0.6) is 0 Å². The highest BCUT2D eigenvalue weighted by Gasteiger charge is 2.33. The van der Waals surface area contributed by atoms with E-state index in [0.717, 1.165) is 48.2 Å². The highest BCUT2D eigenvalue weighted by molar-refractivity contribution is 6.14. The number of aryl methyl sites for hydroxylation is 1. The zero-order valence-corrected chi connectivity index (χ0v) is 15.1. The van der Waals surface area contributed by atoms with Crippen LogP contribution < -0.4 is 10.6 Å². The molecule has 0 radical (unpaired) electrons. The number of anilines is 1. The summed E-state index contributed by atoms with van der Waals surface area (Å²) in [5.74, 6) is -0.0716. The largest absolute Gasteiger partial charge is 0.302 e. The van der Waals surface area contributed by atoms with E-state index >= 15 is 0 Å². The van der Waals surface area contributed by atoms with Crippen molar-refractivity contribution in [3.63, 3.8) is 0 Å². The van der Waals surface area contributed by atoms with E-state index in [1.807, 2.05) is 32.0 Å². The van der Waals surface area contributed by atoms with E-state index in [9.17, 15) is 9.59 Å². The number of Topliss-reactive ketones (excluding diaryl/α,β-unsaturated/α-hetero) is 1. The molecule has 0 bridgehead atoms. The Balaban J connectivity index is 1.97. The van der Waals surface area contributed by atoms with Crippen molar-refractivity contribution < 1.29 is 9.59 Å². The minimum Gasteiger partial charge on any atom is -0.302 e. The highest BCUT2D eigenvalue weighted by Crippen LogP contribution is 2.31. The summed E-state index contributed by atoms with van der Waals surface area (Å²) < 4.78 is 0. The topological polar surface area (TPSA) is 75.8 Å². The summed E-state index contributed by atoms with van der Waals surface area (Å²) in [5.41, 5.74) is 9.54. The first-order chi connectivity index (χ1) is 12.0. The molecule has 1 aromatic rings. The Labute approximate surface area is 149 Å². The number of benzene rings is 1. The van der Waals surface area contributed by atoms with Crippen LogP contribution in [0, 0.1) is 12.8 Å². The number of hydrogen-bond donors (Lipinski definition) is 1. The fourth-order valence-corrected chi connectivity index (χ4v) is 3.96. The van der Waals surface area contributed by atoms with Gasteiger partial charge in [-0.2, -0.15) is 0 Å². The van der Waals surface area contributed by atoms with E-state index in [1.54, 1.807) is 4.90 Å². The van der Waals surface area contributed by atoms with E-state index < -0.39 is 6.17 Å². The fourth-order valence-electron chi connectivity index (χ4n) is 3.96. The molecule has 1 aliphatic carbocycles. The Morgan fingerprint density at radius 3 is 2.68 bits per heavy atom. The van der Waals surface area contributed by atoms with Crippen LogP contribution in [0.2, 0.25) is 0 Å². The minimum atomic E-state index is -0.944. The molecule has 0 aromatic heterocycles. The Bertz CT molecular complexity index is 705. The molecule has 1 atom stereocenters. The van der Waals surface area contributed by atoms with Crippen molar-refractivity contribution in [3.8, 4) is 0 Å². The second kappa shape index (κ2) is 7.48. The monoisotopic (exact) mass is 341 g/mol. The Morgan fingerprint density at radius 2 is 2.00 bits per heavy atom. The fraction of sp³-hybridized carbons (Fsp3) is 0.550. The number of benzodiazepines with no additional fused rings is 1. The second-order valence-corrected chi connectivity index (χ2v) is 7.07. The van der Waals surface area contributed by atoms with E-state index in [0.29, 0.717) is 6.42 Å². The second-order valence-electron chi connectivity index (χ2n) is 7.07. The van der Waals surface area contributed by atoms with Gasteiger partial charge in [0.1, 0.15) is 0 Å². The van der Waals surface area contributed by atoms with Crippen molar-refractivity contribution in [3.05, 3.63) is 29.3 Å². The van der Waals surface area contributed by atoms with Gasteiger partial charge < -0.3 is 10.6 Å². The number of para-hydroxylation sites is 1. The number of amides is 1. The summed E-state index contributed by atoms with van der Waals surface area (Å²) in [6, 6.07) is 5.89. The van der Waals surface area contributed by atoms with Gasteiger partial charge in [-0.3, -0.25) is 14.6 Å². The first kappa shape index (κ1) is 17.8. The Kier molecular flexibility index (Phi) is 5.33. The van der Waals surface area contributed by atoms with Gasteiger partial charge in [0, 0.05) is 17.2 Å². The number of hydrogen-bond acceptors (Lipinski definition) is 4. The lowest BCUT2D eigenvalue weighted by Crippen LogP contribution is -2.46. The number of ketones is 1. The quantitative estimate of drug-likeness (QED) is 0.915. The standard InChI is InChI=1S/C20H27N3O2/c1-3-16-15-11-7-8-13(2)18(15)23(20(25)19(21)22-16)12-17(24)14-9-5-4-6-10-14/h7-8,11,14,19H,3-6,9-10,12,21H2,1-2H3/t19-/m0/s1. The molecule has 0 spiro atoms. The molecule has 25 heavy (non-hydrogen) atoms. The normalized spacial score (nSPS) is 21.6. The van der Waals surface area contributed by atoms with Gasteiger partial charge in [0.05, 0.1) is 12.2 Å². The summed E-state index contributed by atoms with van der Waals surface area (Å²) in [5, 5.41) is 0. The van der Waals surface area contributed by atoms with Gasteiger partial charge in [-0.05, 0) is 31.7 Å². The van der Waals surface area contributed by atoms with Crippen LogP contribution in [0.3, 0.4) is 0 Å². The summed E-state index contributed by atoms with van der Waals surface area (Å²) in [7, 11) is 0. The molecular weight excluding hydrogens is 314 g/mol. The molecule has 1 amide bonds. The Hall–Kier alpha value is -2.01. The van der Waals surface area contributed by atoms with Crippen molar-refractivity contribution in [1.82, 2.24) is 0 Å². The molecule has 3 rings (SSSR count). The maximum absolute atomic E-state index is 12.9. The summed E-state index contributed by atoms with van der Waals surface area (Å²) in [6.07, 6.45) is 5.02. The average Bonchev–Trinajstić information content (AvgIpc) is 2.73. The number of carbonyl (C=O) groups excluding carboxylic acids is 2. The predicted molar refractivity (Wildman–Crippen MR) is 99.9 cm³/mol. The maximum atomic E-state index is 12.9. The SMILES string of the molecule is CCC1=N[C@H](N)C(=O)N(CC(=O)C2CCCCC2)c2c(C)cccc21. The molecule has 0 saturated heterocycles. The molecule has 2 aliphatic rings. The number of rotatable bonds is 4. The van der Waals surface area contributed by atoms with Crippen molar-refractivity contribution in [2.45, 2.75) is 58.5 Å². The summed E-state index contributed by atoms with van der Waals surface area (Å²) in [6.45, 7) is 4.07. The van der Waals surface area contributed by atoms with Crippen LogP contribution in [0.1, 0.15) is 56.6 Å². The first-order valence-electron chi connectivity index (χ1n) is 9.29. The summed E-state index contributed by atoms with van der Waals surface area (Å²) in [4.78, 5) is 31.7. The molecule has 2 N–H and O–H groups in total. The molecule has 1 aromatic carbocycles. The van der Waals surface area contributed by atoms with Gasteiger partial charge in [0.15, 0.2) is 11.9 Å². The van der Waals surface area contributed by atoms with Crippen LogP contribution in [0.25, 0.3) is 0 Å². The lowest BCUT2D eigenvalue weighted by Gasteiger charge is -2.28. The third-order valence-electron chi connectivity index (χ3n) is 5.34. The third-order valence-corrected chi connectivity index (χ3v) is 5.34. The van der Waals surface area contributed by atoms with Crippen molar-refractivity contribution in [1.29, 1.82) is 0 Å². The Morgan fingerprint density at radius 1 is 1.28 bits per heavy atom. The van der Waals surface area contributed by atoms with Gasteiger partial charge in [-0.15, -0.1) is 0 Å². The van der Waals surface area contributed by atoms with Gasteiger partial charge in [-0.25, -0.2) is 0 Å². The molecule has 1 fully saturated rings. The van der Waals surface area contributed by atoms with Crippen LogP contribution in [-0.4, -0.2) is 30.1 Å². The van der Waals surface area contributed by atoms with Gasteiger partial charge >= 0.3 is 0 Å². The maximum Gasteiger partial charge on any atom is 0.266 e. The van der Waals surface area contributed by atoms with Crippen LogP contribution in [0.4, 0.5) is 5.69 Å². The summed E-state index contributed by atoms with van der Waals surface area (Å²) >= 11 is 0. The molecule has 0 unspecified atom stereocenters. The van der Waals surface area contributed by atoms with E-state index in [2.05, 4.69) is 4.99 Å². The van der Waals surface area contributed by atoms with Gasteiger partial charge in [0.25, 0.3) is 5.91 Å². The average molecular weight is 341 g/mol. The van der Waals surface area contributed by atoms with Gasteiger partial charge in [0.2, 0.25) is 0 Å². The minimum absolute atomic E-state index is 0.0695. The molecule has 134 valence electrons. The first-order valence-corrected chi connectivity index (χ1v) is 9.29. The van der Waals surface area contributed by atoms with Gasteiger partial charge in [-0.1, -0.05) is 44.4 Å². The van der Waals surface area contributed by atoms with Crippen LogP contribution in [-0.2, 0) is 9.59 Å². The smallest absolute Gasteiger partial charge is 0.266 e. The molecule has 5 heteroatoms. The number of nitrogens with zero attached hydrogens (tertiary/aromatic N) is 2. The van der Waals surface area contributed by atoms with Crippen molar-refractivity contribution in [2.24, 2.45) is 16.6 Å². The lowest BCUT2D eigenvalue weighted by atomic mass is 9.86. The zero-order chi connectivity index (χ0) is 18.0. The molecule has 1 aliphatic heterocycles. The van der Waals surface area contributed by atoms with E-state index in [1.165, 1.54) is 6.42 Å². The van der Waals surface area contributed by atoms with Crippen molar-refractivity contribution >= 4 is 23.1 Å². The highest BCUT2D eigenvalue weighted by atomic mass is 16.2. The van der Waals surface area contributed by atoms with E-state index in [-0.39, 0.29) is 24.2 Å². The van der Waals surface area contributed by atoms with Crippen molar-refractivity contribution in [2.75, 3.05) is 11.4 Å². The zero-order valence-electron chi connectivity index (χ0n) is 15.1. The predicted octanol–water partition coefficient (Wildman–Crippen LogP) is 2.97. The number of carbonyl (C=O) groups is 2. The third kappa shape index (κ3) is 3.52. The molecular formula is C20H27N3O2. The molecule has 5 nitrogen and oxygen atoms in total. The lowest BCUT2D eigenvalue weighted by molar-refractivity contribution is -0.125. The number of fused-ring (bicyclic) bond motifs is 1. The number of nitrogens with two attached hydrogens (primary N) is 1. The van der Waals surface area contributed by atoms with E-state index in [4.69, 9.17) is 5.73 Å². The number of aliphatic imine (C=N–C) groups is 1.